The summed E-state index contributed by atoms with van der Waals surface area (Å²) in [7, 11) is 0. The molecule has 0 unspecified atom stereocenters. The number of nitriles is 1. The largest absolute Gasteiger partial charge is 0.351 e. The van der Waals surface area contributed by atoms with Crippen molar-refractivity contribution < 1.29 is 0 Å². The van der Waals surface area contributed by atoms with Gasteiger partial charge in [0.2, 0.25) is 0 Å². The molecule has 4 rings (SSSR count). The summed E-state index contributed by atoms with van der Waals surface area (Å²) in [6.07, 6.45) is 2.48. The van der Waals surface area contributed by atoms with E-state index < -0.39 is 0 Å². The fourth-order valence-electron chi connectivity index (χ4n) is 2.81. The van der Waals surface area contributed by atoms with E-state index in [9.17, 15) is 4.79 Å². The van der Waals surface area contributed by atoms with E-state index >= 15 is 0 Å². The minimum absolute atomic E-state index is 0.221. The minimum Gasteiger partial charge on any atom is -0.291 e. The zero-order valence-corrected chi connectivity index (χ0v) is 12.3. The molecule has 2 aromatic heterocycles. The predicted octanol–water partition coefficient (Wildman–Crippen LogP) is 2.14. The van der Waals surface area contributed by atoms with Crippen LogP contribution >= 0.6 is 0 Å². The third-order valence-corrected chi connectivity index (χ3v) is 4.11. The molecule has 6 heteroatoms. The molecule has 0 bridgehead atoms. The third kappa shape index (κ3) is 1.90. The van der Waals surface area contributed by atoms with Crippen LogP contribution in [0.2, 0.25) is 0 Å². The zero-order chi connectivity index (χ0) is 15.3. The van der Waals surface area contributed by atoms with Crippen LogP contribution < -0.4 is 5.69 Å². The summed E-state index contributed by atoms with van der Waals surface area (Å²) in [5, 5.41) is 14.2. The van der Waals surface area contributed by atoms with Gasteiger partial charge in [0.1, 0.15) is 0 Å². The van der Waals surface area contributed by atoms with Crippen LogP contribution in [0.4, 0.5) is 0 Å². The maximum Gasteiger partial charge on any atom is 0.351 e. The number of hydrogen-bond acceptors (Lipinski definition) is 4. The Morgan fingerprint density at radius 3 is 2.95 bits per heavy atom. The van der Waals surface area contributed by atoms with Gasteiger partial charge in [0, 0.05) is 17.8 Å². The van der Waals surface area contributed by atoms with Gasteiger partial charge >= 0.3 is 5.69 Å². The van der Waals surface area contributed by atoms with E-state index in [1.54, 1.807) is 4.57 Å². The van der Waals surface area contributed by atoms with Crippen LogP contribution in [0.25, 0.3) is 16.6 Å². The van der Waals surface area contributed by atoms with Crippen LogP contribution in [0.3, 0.4) is 0 Å². The van der Waals surface area contributed by atoms with Crippen LogP contribution in [0.1, 0.15) is 36.6 Å². The van der Waals surface area contributed by atoms with Crippen molar-refractivity contribution in [1.82, 2.24) is 19.2 Å². The number of benzene rings is 1. The molecule has 1 aliphatic carbocycles. The Kier molecular flexibility index (Phi) is 2.76. The molecular formula is C16H15N5O. The van der Waals surface area contributed by atoms with Gasteiger partial charge in [-0.15, -0.1) is 5.10 Å². The van der Waals surface area contributed by atoms with Crippen molar-refractivity contribution in [3.63, 3.8) is 0 Å². The number of aromatic nitrogens is 4. The molecule has 22 heavy (non-hydrogen) atoms. The van der Waals surface area contributed by atoms with Gasteiger partial charge in [-0.05, 0) is 31.9 Å². The SMILES string of the molecule is Cc1ccc2c(c1)c1nc(C3CC3)nn1c(=O)n2CCC#N. The van der Waals surface area contributed by atoms with Crippen molar-refractivity contribution in [2.24, 2.45) is 0 Å². The van der Waals surface area contributed by atoms with Crippen LogP contribution in [0, 0.1) is 18.3 Å². The first kappa shape index (κ1) is 13.0. The summed E-state index contributed by atoms with van der Waals surface area (Å²) >= 11 is 0. The fourth-order valence-corrected chi connectivity index (χ4v) is 2.81. The minimum atomic E-state index is -0.221. The van der Waals surface area contributed by atoms with Gasteiger partial charge in [0.05, 0.1) is 18.0 Å². The molecule has 1 aromatic carbocycles. The Morgan fingerprint density at radius 2 is 2.23 bits per heavy atom. The lowest BCUT2D eigenvalue weighted by atomic mass is 10.1. The second kappa shape index (κ2) is 4.67. The number of aryl methyl sites for hydroxylation is 2. The van der Waals surface area contributed by atoms with E-state index in [1.807, 2.05) is 25.1 Å². The van der Waals surface area contributed by atoms with Gasteiger partial charge in [0.25, 0.3) is 0 Å². The first-order valence-electron chi connectivity index (χ1n) is 7.46. The maximum absolute atomic E-state index is 12.7. The molecule has 1 aliphatic rings. The molecule has 0 N–H and O–H groups in total. The Hall–Kier alpha value is -2.68. The Morgan fingerprint density at radius 1 is 1.41 bits per heavy atom. The van der Waals surface area contributed by atoms with E-state index in [1.165, 1.54) is 4.52 Å². The highest BCUT2D eigenvalue weighted by atomic mass is 16.2. The average Bonchev–Trinajstić information content (AvgIpc) is 3.26. The number of nitrogens with zero attached hydrogens (tertiary/aromatic N) is 5. The van der Waals surface area contributed by atoms with Gasteiger partial charge < -0.3 is 0 Å². The molecule has 0 saturated heterocycles. The number of fused-ring (bicyclic) bond motifs is 3. The summed E-state index contributed by atoms with van der Waals surface area (Å²) in [5.41, 5.74) is 2.32. The van der Waals surface area contributed by atoms with Crippen molar-refractivity contribution >= 4 is 16.6 Å². The van der Waals surface area contributed by atoms with Gasteiger partial charge in [-0.2, -0.15) is 9.78 Å². The van der Waals surface area contributed by atoms with Crippen molar-refractivity contribution in [2.45, 2.75) is 38.6 Å². The smallest absolute Gasteiger partial charge is 0.291 e. The lowest BCUT2D eigenvalue weighted by Gasteiger charge is -2.09. The van der Waals surface area contributed by atoms with E-state index in [0.29, 0.717) is 24.5 Å². The Bertz CT molecular complexity index is 988. The zero-order valence-electron chi connectivity index (χ0n) is 12.3. The molecule has 0 aliphatic heterocycles. The summed E-state index contributed by atoms with van der Waals surface area (Å²) < 4.78 is 3.02. The van der Waals surface area contributed by atoms with E-state index in [4.69, 9.17) is 5.26 Å². The van der Waals surface area contributed by atoms with E-state index in [-0.39, 0.29) is 5.69 Å². The topological polar surface area (TPSA) is 76.0 Å². The van der Waals surface area contributed by atoms with E-state index in [0.717, 1.165) is 35.1 Å². The van der Waals surface area contributed by atoms with Crippen molar-refractivity contribution in [2.75, 3.05) is 0 Å². The number of rotatable bonds is 3. The molecule has 0 spiro atoms. The molecular weight excluding hydrogens is 278 g/mol. The summed E-state index contributed by atoms with van der Waals surface area (Å²) in [6, 6.07) is 8.02. The van der Waals surface area contributed by atoms with Crippen molar-refractivity contribution in [3.05, 3.63) is 40.1 Å². The molecule has 110 valence electrons. The maximum atomic E-state index is 12.7. The second-order valence-corrected chi connectivity index (χ2v) is 5.84. The summed E-state index contributed by atoms with van der Waals surface area (Å²) in [6.45, 7) is 2.38. The average molecular weight is 293 g/mol. The van der Waals surface area contributed by atoms with Crippen LogP contribution in [-0.2, 0) is 6.54 Å². The second-order valence-electron chi connectivity index (χ2n) is 5.84. The van der Waals surface area contributed by atoms with Gasteiger partial charge in [-0.1, -0.05) is 11.6 Å². The lowest BCUT2D eigenvalue weighted by molar-refractivity contribution is 0.660. The molecule has 3 aromatic rings. The third-order valence-electron chi connectivity index (χ3n) is 4.11. The molecule has 6 nitrogen and oxygen atoms in total. The summed E-state index contributed by atoms with van der Waals surface area (Å²) in [4.78, 5) is 17.3. The molecule has 0 amide bonds. The van der Waals surface area contributed by atoms with Gasteiger partial charge in [-0.25, -0.2) is 9.78 Å². The normalized spacial score (nSPS) is 14.5. The highest BCUT2D eigenvalue weighted by Crippen LogP contribution is 2.38. The van der Waals surface area contributed by atoms with Crippen LogP contribution in [0.15, 0.2) is 23.0 Å². The number of hydrogen-bond donors (Lipinski definition) is 0. The molecule has 1 fully saturated rings. The standard InChI is InChI=1S/C16H15N5O/c1-10-3-6-13-12(9-10)15-18-14(11-4-5-11)19-21(15)16(22)20(13)8-2-7-17/h3,6,9,11H,2,4-5,8H2,1H3. The highest BCUT2D eigenvalue weighted by molar-refractivity contribution is 5.91. The first-order chi connectivity index (χ1) is 10.7. The van der Waals surface area contributed by atoms with Crippen LogP contribution in [0.5, 0.6) is 0 Å². The molecule has 2 heterocycles. The van der Waals surface area contributed by atoms with Crippen LogP contribution in [-0.4, -0.2) is 19.2 Å². The first-order valence-corrected chi connectivity index (χ1v) is 7.46. The van der Waals surface area contributed by atoms with Gasteiger partial charge in [0.15, 0.2) is 11.5 Å². The van der Waals surface area contributed by atoms with Crippen molar-refractivity contribution in [1.29, 1.82) is 5.26 Å². The van der Waals surface area contributed by atoms with Gasteiger partial charge in [-0.3, -0.25) is 4.57 Å². The van der Waals surface area contributed by atoms with Crippen molar-refractivity contribution in [3.8, 4) is 6.07 Å². The molecule has 0 atom stereocenters. The predicted molar refractivity (Wildman–Crippen MR) is 81.7 cm³/mol. The quantitative estimate of drug-likeness (QED) is 0.741. The monoisotopic (exact) mass is 293 g/mol. The Labute approximate surface area is 126 Å². The highest BCUT2D eigenvalue weighted by Gasteiger charge is 2.29. The molecule has 1 saturated carbocycles. The lowest BCUT2D eigenvalue weighted by Crippen LogP contribution is -2.28. The van der Waals surface area contributed by atoms with E-state index in [2.05, 4.69) is 16.2 Å². The fraction of sp³-hybridized carbons (Fsp3) is 0.375. The summed E-state index contributed by atoms with van der Waals surface area (Å²) in [5.74, 6) is 1.16. The Balaban J connectivity index is 2.09. The molecule has 0 radical (unpaired) electrons.